The Hall–Kier alpha value is -0.120. The lowest BCUT2D eigenvalue weighted by atomic mass is 10.1. The summed E-state index contributed by atoms with van der Waals surface area (Å²) in [6, 6.07) is 1.02. The standard InChI is InChI=1S/C12H25NO2/c1-4-5-11(8-14-2)13-12(9-15-3)10-6-7-10/h10-13H,4-9H2,1-3H3. The van der Waals surface area contributed by atoms with Crippen molar-refractivity contribution in [3.05, 3.63) is 0 Å². The summed E-state index contributed by atoms with van der Waals surface area (Å²) in [5.74, 6) is 0.834. The van der Waals surface area contributed by atoms with E-state index in [4.69, 9.17) is 9.47 Å². The zero-order chi connectivity index (χ0) is 11.1. The summed E-state index contributed by atoms with van der Waals surface area (Å²) >= 11 is 0. The second-order valence-corrected chi connectivity index (χ2v) is 4.51. The number of ether oxygens (including phenoxy) is 2. The molecule has 0 saturated heterocycles. The summed E-state index contributed by atoms with van der Waals surface area (Å²) in [6.45, 7) is 3.85. The second-order valence-electron chi connectivity index (χ2n) is 4.51. The summed E-state index contributed by atoms with van der Waals surface area (Å²) in [4.78, 5) is 0. The fourth-order valence-corrected chi connectivity index (χ4v) is 2.07. The molecule has 1 saturated carbocycles. The van der Waals surface area contributed by atoms with E-state index in [0.29, 0.717) is 12.1 Å². The first-order chi connectivity index (χ1) is 7.31. The third-order valence-corrected chi connectivity index (χ3v) is 2.99. The van der Waals surface area contributed by atoms with Crippen molar-refractivity contribution in [2.24, 2.45) is 5.92 Å². The number of methoxy groups -OCH3 is 2. The Balaban J connectivity index is 2.30. The van der Waals surface area contributed by atoms with E-state index < -0.39 is 0 Å². The first-order valence-corrected chi connectivity index (χ1v) is 6.05. The van der Waals surface area contributed by atoms with Crippen molar-refractivity contribution in [2.75, 3.05) is 27.4 Å². The molecule has 15 heavy (non-hydrogen) atoms. The maximum atomic E-state index is 5.26. The summed E-state index contributed by atoms with van der Waals surface area (Å²) in [5.41, 5.74) is 0. The molecular weight excluding hydrogens is 190 g/mol. The number of rotatable bonds is 9. The molecule has 1 aliphatic rings. The van der Waals surface area contributed by atoms with Gasteiger partial charge in [-0.05, 0) is 25.2 Å². The first kappa shape index (κ1) is 12.9. The maximum absolute atomic E-state index is 5.26. The van der Waals surface area contributed by atoms with Crippen molar-refractivity contribution < 1.29 is 9.47 Å². The molecule has 1 fully saturated rings. The van der Waals surface area contributed by atoms with Crippen LogP contribution in [-0.4, -0.2) is 39.5 Å². The van der Waals surface area contributed by atoms with Gasteiger partial charge in [0.05, 0.1) is 13.2 Å². The molecule has 0 amide bonds. The Morgan fingerprint density at radius 1 is 1.20 bits per heavy atom. The van der Waals surface area contributed by atoms with E-state index in [1.54, 1.807) is 14.2 Å². The van der Waals surface area contributed by atoms with Crippen LogP contribution < -0.4 is 5.32 Å². The number of hydrogen-bond acceptors (Lipinski definition) is 3. The van der Waals surface area contributed by atoms with Crippen LogP contribution in [0.4, 0.5) is 0 Å². The second kappa shape index (κ2) is 7.20. The third kappa shape index (κ3) is 4.96. The van der Waals surface area contributed by atoms with Gasteiger partial charge in [-0.3, -0.25) is 0 Å². The largest absolute Gasteiger partial charge is 0.383 e. The Labute approximate surface area is 93.5 Å². The molecule has 0 aromatic carbocycles. The average molecular weight is 215 g/mol. The Morgan fingerprint density at radius 3 is 2.33 bits per heavy atom. The number of hydrogen-bond donors (Lipinski definition) is 1. The van der Waals surface area contributed by atoms with E-state index in [9.17, 15) is 0 Å². The highest BCUT2D eigenvalue weighted by atomic mass is 16.5. The number of nitrogens with one attached hydrogen (secondary N) is 1. The molecule has 2 unspecified atom stereocenters. The van der Waals surface area contributed by atoms with Crippen molar-refractivity contribution in [1.29, 1.82) is 0 Å². The molecule has 1 rings (SSSR count). The van der Waals surface area contributed by atoms with Gasteiger partial charge in [0.25, 0.3) is 0 Å². The fourth-order valence-electron chi connectivity index (χ4n) is 2.07. The van der Waals surface area contributed by atoms with Gasteiger partial charge < -0.3 is 14.8 Å². The smallest absolute Gasteiger partial charge is 0.0618 e. The van der Waals surface area contributed by atoms with Gasteiger partial charge in [0.1, 0.15) is 0 Å². The maximum Gasteiger partial charge on any atom is 0.0618 e. The van der Waals surface area contributed by atoms with Crippen molar-refractivity contribution in [3.63, 3.8) is 0 Å². The average Bonchev–Trinajstić information content (AvgIpc) is 3.01. The lowest BCUT2D eigenvalue weighted by molar-refractivity contribution is 0.120. The highest BCUT2D eigenvalue weighted by Crippen LogP contribution is 2.33. The first-order valence-electron chi connectivity index (χ1n) is 6.05. The Kier molecular flexibility index (Phi) is 6.22. The fraction of sp³-hybridized carbons (Fsp3) is 1.00. The van der Waals surface area contributed by atoms with Crippen LogP contribution in [-0.2, 0) is 9.47 Å². The summed E-state index contributed by atoms with van der Waals surface area (Å²) in [6.07, 6.45) is 5.09. The van der Waals surface area contributed by atoms with Crippen LogP contribution in [0.3, 0.4) is 0 Å². The van der Waals surface area contributed by atoms with Crippen LogP contribution >= 0.6 is 0 Å². The topological polar surface area (TPSA) is 30.5 Å². The normalized spacial score (nSPS) is 20.2. The van der Waals surface area contributed by atoms with Crippen LogP contribution in [0.25, 0.3) is 0 Å². The molecule has 90 valence electrons. The highest BCUT2D eigenvalue weighted by molar-refractivity contribution is 4.88. The van der Waals surface area contributed by atoms with Crippen LogP contribution in [0, 0.1) is 5.92 Å². The van der Waals surface area contributed by atoms with E-state index in [0.717, 1.165) is 19.1 Å². The summed E-state index contributed by atoms with van der Waals surface area (Å²) < 4.78 is 10.5. The third-order valence-electron chi connectivity index (χ3n) is 2.99. The van der Waals surface area contributed by atoms with Gasteiger partial charge in [-0.15, -0.1) is 0 Å². The van der Waals surface area contributed by atoms with Gasteiger partial charge in [0.15, 0.2) is 0 Å². The van der Waals surface area contributed by atoms with Crippen molar-refractivity contribution >= 4 is 0 Å². The zero-order valence-electron chi connectivity index (χ0n) is 10.3. The van der Waals surface area contributed by atoms with Gasteiger partial charge >= 0.3 is 0 Å². The van der Waals surface area contributed by atoms with Gasteiger partial charge in [-0.1, -0.05) is 13.3 Å². The quantitative estimate of drug-likeness (QED) is 0.636. The highest BCUT2D eigenvalue weighted by Gasteiger charge is 2.32. The van der Waals surface area contributed by atoms with Crippen LogP contribution in [0.15, 0.2) is 0 Å². The molecule has 2 atom stereocenters. The Morgan fingerprint density at radius 2 is 1.87 bits per heavy atom. The van der Waals surface area contributed by atoms with Crippen LogP contribution in [0.1, 0.15) is 32.6 Å². The van der Waals surface area contributed by atoms with Gasteiger partial charge in [-0.2, -0.15) is 0 Å². The molecule has 3 heteroatoms. The molecular formula is C12H25NO2. The van der Waals surface area contributed by atoms with E-state index in [1.807, 2.05) is 0 Å². The molecule has 0 aliphatic heterocycles. The van der Waals surface area contributed by atoms with Crippen LogP contribution in [0.5, 0.6) is 0 Å². The minimum atomic E-state index is 0.487. The predicted octanol–water partition coefficient (Wildman–Crippen LogP) is 1.82. The molecule has 0 aromatic heterocycles. The minimum absolute atomic E-state index is 0.487. The molecule has 3 nitrogen and oxygen atoms in total. The van der Waals surface area contributed by atoms with E-state index >= 15 is 0 Å². The molecule has 1 N–H and O–H groups in total. The van der Waals surface area contributed by atoms with Gasteiger partial charge in [0, 0.05) is 26.3 Å². The molecule has 0 bridgehead atoms. The Bertz CT molecular complexity index is 154. The zero-order valence-corrected chi connectivity index (χ0v) is 10.3. The van der Waals surface area contributed by atoms with E-state index in [2.05, 4.69) is 12.2 Å². The van der Waals surface area contributed by atoms with Crippen LogP contribution in [0.2, 0.25) is 0 Å². The predicted molar refractivity (Wildman–Crippen MR) is 62.1 cm³/mol. The summed E-state index contributed by atoms with van der Waals surface area (Å²) in [7, 11) is 3.55. The summed E-state index contributed by atoms with van der Waals surface area (Å²) in [5, 5.41) is 3.67. The molecule has 0 spiro atoms. The lowest BCUT2D eigenvalue weighted by Gasteiger charge is -2.24. The van der Waals surface area contributed by atoms with Gasteiger partial charge in [0.2, 0.25) is 0 Å². The lowest BCUT2D eigenvalue weighted by Crippen LogP contribution is -2.44. The molecule has 0 heterocycles. The minimum Gasteiger partial charge on any atom is -0.383 e. The molecule has 1 aliphatic carbocycles. The molecule has 0 aromatic rings. The van der Waals surface area contributed by atoms with Gasteiger partial charge in [-0.25, -0.2) is 0 Å². The van der Waals surface area contributed by atoms with Crippen molar-refractivity contribution in [1.82, 2.24) is 5.32 Å². The van der Waals surface area contributed by atoms with E-state index in [1.165, 1.54) is 25.7 Å². The molecule has 0 radical (unpaired) electrons. The van der Waals surface area contributed by atoms with E-state index in [-0.39, 0.29) is 0 Å². The SMILES string of the molecule is CCCC(COC)NC(COC)C1CC1. The monoisotopic (exact) mass is 215 g/mol. The van der Waals surface area contributed by atoms with Crippen molar-refractivity contribution in [2.45, 2.75) is 44.7 Å². The van der Waals surface area contributed by atoms with Crippen molar-refractivity contribution in [3.8, 4) is 0 Å².